The van der Waals surface area contributed by atoms with Crippen LogP contribution in [0.2, 0.25) is 0 Å². The van der Waals surface area contributed by atoms with Crippen molar-refractivity contribution in [3.05, 3.63) is 29.8 Å². The van der Waals surface area contributed by atoms with E-state index in [-0.39, 0.29) is 17.7 Å². The van der Waals surface area contributed by atoms with Gasteiger partial charge in [-0.15, -0.1) is 12.6 Å². The Bertz CT molecular complexity index is 608. The Morgan fingerprint density at radius 3 is 2.52 bits per heavy atom. The summed E-state index contributed by atoms with van der Waals surface area (Å²) in [6.07, 6.45) is 1.28. The fourth-order valence-corrected chi connectivity index (χ4v) is 3.53. The zero-order valence-corrected chi connectivity index (χ0v) is 13.7. The van der Waals surface area contributed by atoms with Crippen molar-refractivity contribution in [2.24, 2.45) is 0 Å². The van der Waals surface area contributed by atoms with Gasteiger partial charge in [-0.2, -0.15) is 0 Å². The molecular weight excluding hydrogens is 308 g/mol. The first-order valence-corrected chi connectivity index (χ1v) is 9.10. The van der Waals surface area contributed by atoms with Crippen LogP contribution in [0.1, 0.15) is 30.1 Å². The molecule has 1 aliphatic heterocycles. The normalized spacial score (nSPS) is 17.0. The number of nitrogens with one attached hydrogen (secondary N) is 1. The third-order valence-electron chi connectivity index (χ3n) is 3.64. The molecule has 116 valence electrons. The smallest absolute Gasteiger partial charge is 0.254 e. The lowest BCUT2D eigenvalue weighted by molar-refractivity contribution is 0.0708. The Labute approximate surface area is 131 Å². The van der Waals surface area contributed by atoms with Gasteiger partial charge in [0.25, 0.3) is 5.91 Å². The van der Waals surface area contributed by atoms with Gasteiger partial charge >= 0.3 is 0 Å². The van der Waals surface area contributed by atoms with E-state index in [0.717, 1.165) is 0 Å². The Morgan fingerprint density at radius 2 is 1.95 bits per heavy atom. The molecule has 1 saturated heterocycles. The number of sulfonamides is 1. The number of hydrogen-bond acceptors (Lipinski definition) is 4. The maximum Gasteiger partial charge on any atom is 0.254 e. The molecule has 5 nitrogen and oxygen atoms in total. The molecule has 1 aromatic carbocycles. The highest BCUT2D eigenvalue weighted by atomic mass is 32.2. The molecule has 1 N–H and O–H groups in total. The van der Waals surface area contributed by atoms with Crippen LogP contribution >= 0.6 is 12.6 Å². The minimum atomic E-state index is -3.18. The summed E-state index contributed by atoms with van der Waals surface area (Å²) in [7, 11) is -3.18. The van der Waals surface area contributed by atoms with Gasteiger partial charge in [-0.05, 0) is 31.9 Å². The molecule has 0 bridgehead atoms. The van der Waals surface area contributed by atoms with Gasteiger partial charge in [-0.1, -0.05) is 12.1 Å². The maximum atomic E-state index is 12.4. The Balaban J connectivity index is 1.95. The van der Waals surface area contributed by atoms with Gasteiger partial charge in [0.05, 0.1) is 11.3 Å². The number of benzene rings is 1. The van der Waals surface area contributed by atoms with Crippen molar-refractivity contribution in [2.45, 2.75) is 30.7 Å². The number of rotatable bonds is 4. The molecule has 21 heavy (non-hydrogen) atoms. The minimum absolute atomic E-state index is 0.0441. The van der Waals surface area contributed by atoms with Crippen LogP contribution in [0.25, 0.3) is 0 Å². The van der Waals surface area contributed by atoms with Gasteiger partial charge in [0.15, 0.2) is 0 Å². The zero-order valence-electron chi connectivity index (χ0n) is 11.9. The van der Waals surface area contributed by atoms with Crippen LogP contribution in [0.15, 0.2) is 29.2 Å². The second-order valence-electron chi connectivity index (χ2n) is 5.10. The number of nitrogens with zero attached hydrogens (tertiary/aromatic N) is 1. The monoisotopic (exact) mass is 328 g/mol. The molecular formula is C14H20N2O3S2. The predicted octanol–water partition coefficient (Wildman–Crippen LogP) is 1.52. The number of carbonyl (C=O) groups excluding carboxylic acids is 1. The molecule has 1 heterocycles. The summed E-state index contributed by atoms with van der Waals surface area (Å²) in [5.74, 6) is 0.0384. The standard InChI is InChI=1S/C14H20N2O3S2/c1-2-21(18,19)15-11-7-9-16(10-8-11)14(17)12-5-3-4-6-13(12)20/h3-6,11,15,20H,2,7-10H2,1H3. The average Bonchev–Trinajstić information content (AvgIpc) is 2.47. The molecule has 2 rings (SSSR count). The average molecular weight is 328 g/mol. The first-order chi connectivity index (χ1) is 9.93. The summed E-state index contributed by atoms with van der Waals surface area (Å²) >= 11 is 4.30. The lowest BCUT2D eigenvalue weighted by atomic mass is 10.0. The highest BCUT2D eigenvalue weighted by molar-refractivity contribution is 7.89. The molecule has 0 unspecified atom stereocenters. The lowest BCUT2D eigenvalue weighted by Crippen LogP contribution is -2.46. The Kier molecular flexibility index (Phi) is 5.29. The van der Waals surface area contributed by atoms with E-state index in [1.165, 1.54) is 0 Å². The van der Waals surface area contributed by atoms with Crippen LogP contribution in [0.5, 0.6) is 0 Å². The Hall–Kier alpha value is -1.05. The largest absolute Gasteiger partial charge is 0.338 e. The van der Waals surface area contributed by atoms with Crippen LogP contribution in [0.4, 0.5) is 0 Å². The number of likely N-dealkylation sites (tertiary alicyclic amines) is 1. The molecule has 0 saturated carbocycles. The van der Waals surface area contributed by atoms with E-state index in [0.29, 0.717) is 36.4 Å². The summed E-state index contributed by atoms with van der Waals surface area (Å²) < 4.78 is 25.8. The van der Waals surface area contributed by atoms with Crippen molar-refractivity contribution in [3.63, 3.8) is 0 Å². The van der Waals surface area contributed by atoms with Crippen molar-refractivity contribution in [2.75, 3.05) is 18.8 Å². The summed E-state index contributed by atoms with van der Waals surface area (Å²) in [4.78, 5) is 14.8. The van der Waals surface area contributed by atoms with Crippen molar-refractivity contribution in [1.82, 2.24) is 9.62 Å². The summed E-state index contributed by atoms with van der Waals surface area (Å²) in [6, 6.07) is 7.12. The number of hydrogen-bond donors (Lipinski definition) is 2. The van der Waals surface area contributed by atoms with Crippen LogP contribution in [-0.2, 0) is 10.0 Å². The molecule has 7 heteroatoms. The first-order valence-electron chi connectivity index (χ1n) is 7.00. The third-order valence-corrected chi connectivity index (χ3v) is 5.49. The highest BCUT2D eigenvalue weighted by Crippen LogP contribution is 2.19. The van der Waals surface area contributed by atoms with E-state index >= 15 is 0 Å². The van der Waals surface area contributed by atoms with Crippen LogP contribution in [0.3, 0.4) is 0 Å². The minimum Gasteiger partial charge on any atom is -0.338 e. The first kappa shape index (κ1) is 16.3. The molecule has 0 radical (unpaired) electrons. The molecule has 1 fully saturated rings. The molecule has 1 aliphatic rings. The van der Waals surface area contributed by atoms with Crippen molar-refractivity contribution in [3.8, 4) is 0 Å². The third kappa shape index (κ3) is 4.21. The van der Waals surface area contributed by atoms with Crippen LogP contribution in [0, 0.1) is 0 Å². The predicted molar refractivity (Wildman–Crippen MR) is 85.2 cm³/mol. The van der Waals surface area contributed by atoms with Crippen molar-refractivity contribution in [1.29, 1.82) is 0 Å². The van der Waals surface area contributed by atoms with E-state index in [1.807, 2.05) is 12.1 Å². The number of thiol groups is 1. The summed E-state index contributed by atoms with van der Waals surface area (Å²) in [6.45, 7) is 2.72. The van der Waals surface area contributed by atoms with Crippen LogP contribution < -0.4 is 4.72 Å². The molecule has 0 aliphatic carbocycles. The van der Waals surface area contributed by atoms with E-state index < -0.39 is 10.0 Å². The fraction of sp³-hybridized carbons (Fsp3) is 0.500. The van der Waals surface area contributed by atoms with Gasteiger partial charge in [0.1, 0.15) is 0 Å². The van der Waals surface area contributed by atoms with E-state index in [4.69, 9.17) is 0 Å². The molecule has 1 aromatic rings. The number of carbonyl (C=O) groups is 1. The fourth-order valence-electron chi connectivity index (χ4n) is 2.36. The SMILES string of the molecule is CCS(=O)(=O)NC1CCN(C(=O)c2ccccc2S)CC1. The highest BCUT2D eigenvalue weighted by Gasteiger charge is 2.26. The molecule has 0 spiro atoms. The summed E-state index contributed by atoms with van der Waals surface area (Å²) in [5.41, 5.74) is 0.591. The van der Waals surface area contributed by atoms with Crippen molar-refractivity contribution < 1.29 is 13.2 Å². The topological polar surface area (TPSA) is 66.5 Å². The van der Waals surface area contributed by atoms with Crippen molar-refractivity contribution >= 4 is 28.6 Å². The van der Waals surface area contributed by atoms with E-state index in [1.54, 1.807) is 24.0 Å². The molecule has 0 atom stereocenters. The Morgan fingerprint density at radius 1 is 1.33 bits per heavy atom. The van der Waals surface area contributed by atoms with Gasteiger partial charge in [-0.25, -0.2) is 13.1 Å². The summed E-state index contributed by atoms with van der Waals surface area (Å²) in [5, 5.41) is 0. The lowest BCUT2D eigenvalue weighted by Gasteiger charge is -2.32. The molecule has 0 aromatic heterocycles. The van der Waals surface area contributed by atoms with E-state index in [9.17, 15) is 13.2 Å². The van der Waals surface area contributed by atoms with Gasteiger partial charge < -0.3 is 4.90 Å². The second kappa shape index (κ2) is 6.81. The number of amides is 1. The van der Waals surface area contributed by atoms with Crippen LogP contribution in [-0.4, -0.2) is 44.1 Å². The maximum absolute atomic E-state index is 12.4. The molecule has 1 amide bonds. The van der Waals surface area contributed by atoms with Gasteiger partial charge in [-0.3, -0.25) is 4.79 Å². The number of piperidine rings is 1. The van der Waals surface area contributed by atoms with E-state index in [2.05, 4.69) is 17.4 Å². The quantitative estimate of drug-likeness (QED) is 0.824. The van der Waals surface area contributed by atoms with Gasteiger partial charge in [0, 0.05) is 24.0 Å². The second-order valence-corrected chi connectivity index (χ2v) is 7.63. The zero-order chi connectivity index (χ0) is 15.5. The van der Waals surface area contributed by atoms with Gasteiger partial charge in [0.2, 0.25) is 10.0 Å².